The van der Waals surface area contributed by atoms with E-state index in [0.717, 1.165) is 25.7 Å². The zero-order valence-electron chi connectivity index (χ0n) is 38.0. The van der Waals surface area contributed by atoms with Crippen LogP contribution in [0.5, 0.6) is 0 Å². The van der Waals surface area contributed by atoms with Gasteiger partial charge >= 0.3 is 0 Å². The molecule has 4 heteroatoms. The number of aliphatic hydroxyl groups is 2. The Morgan fingerprint density at radius 2 is 0.582 bits per heavy atom. The lowest BCUT2D eigenvalue weighted by Crippen LogP contribution is -2.45. The van der Waals surface area contributed by atoms with Crippen LogP contribution in [0.1, 0.15) is 303 Å². The van der Waals surface area contributed by atoms with E-state index in [9.17, 15) is 15.0 Å². The fourth-order valence-corrected chi connectivity index (χ4v) is 8.42. The zero-order valence-corrected chi connectivity index (χ0v) is 38.0. The molecule has 0 aromatic carbocycles. The van der Waals surface area contributed by atoms with Gasteiger partial charge in [-0.1, -0.05) is 284 Å². The molecule has 0 aromatic rings. The Morgan fingerprint density at radius 3 is 0.818 bits per heavy atom. The van der Waals surface area contributed by atoms with E-state index < -0.39 is 12.1 Å². The molecule has 0 spiro atoms. The van der Waals surface area contributed by atoms with Gasteiger partial charge in [0.1, 0.15) is 0 Å². The molecule has 0 radical (unpaired) electrons. The summed E-state index contributed by atoms with van der Waals surface area (Å²) in [5.74, 6) is -0.0254. The molecule has 0 aromatic heterocycles. The molecule has 0 aliphatic carbocycles. The topological polar surface area (TPSA) is 69.6 Å². The van der Waals surface area contributed by atoms with Crippen molar-refractivity contribution in [2.75, 3.05) is 6.61 Å². The molecular formula is C51H103NO3. The fourth-order valence-electron chi connectivity index (χ4n) is 8.42. The van der Waals surface area contributed by atoms with E-state index in [2.05, 4.69) is 19.2 Å². The van der Waals surface area contributed by atoms with Crippen molar-refractivity contribution in [3.63, 3.8) is 0 Å². The minimum atomic E-state index is -0.654. The summed E-state index contributed by atoms with van der Waals surface area (Å²) in [7, 11) is 0. The third kappa shape index (κ3) is 44.3. The van der Waals surface area contributed by atoms with E-state index in [-0.39, 0.29) is 12.5 Å². The average Bonchev–Trinajstić information content (AvgIpc) is 3.19. The van der Waals surface area contributed by atoms with Crippen molar-refractivity contribution in [2.45, 2.75) is 315 Å². The van der Waals surface area contributed by atoms with Crippen LogP contribution in [-0.4, -0.2) is 34.9 Å². The summed E-state index contributed by atoms with van der Waals surface area (Å²) in [6.07, 6.45) is 59.3. The molecule has 0 saturated heterocycles. The monoisotopic (exact) mass is 778 g/mol. The number of aliphatic hydroxyl groups excluding tert-OH is 2. The molecular weight excluding hydrogens is 675 g/mol. The lowest BCUT2D eigenvalue weighted by atomic mass is 10.0. The Bertz CT molecular complexity index is 714. The molecule has 0 bridgehead atoms. The number of amides is 1. The quantitative estimate of drug-likeness (QED) is 0.0539. The Labute approximate surface area is 346 Å². The van der Waals surface area contributed by atoms with Crippen molar-refractivity contribution in [3.8, 4) is 0 Å². The average molecular weight is 778 g/mol. The number of rotatable bonds is 48. The highest BCUT2D eigenvalue weighted by Gasteiger charge is 2.20. The normalized spacial score (nSPS) is 12.7. The maximum absolute atomic E-state index is 12.4. The van der Waals surface area contributed by atoms with Crippen molar-refractivity contribution in [3.05, 3.63) is 0 Å². The highest BCUT2D eigenvalue weighted by atomic mass is 16.3. The van der Waals surface area contributed by atoms with Gasteiger partial charge in [-0.05, 0) is 12.8 Å². The molecule has 2 atom stereocenters. The first-order valence-corrected chi connectivity index (χ1v) is 25.7. The van der Waals surface area contributed by atoms with Crippen LogP contribution >= 0.6 is 0 Å². The summed E-state index contributed by atoms with van der Waals surface area (Å²) in [5, 5.41) is 23.2. The predicted octanol–water partition coefficient (Wildman–Crippen LogP) is 16.4. The molecule has 3 N–H and O–H groups in total. The van der Waals surface area contributed by atoms with Crippen LogP contribution in [0.25, 0.3) is 0 Å². The minimum Gasteiger partial charge on any atom is -0.394 e. The lowest BCUT2D eigenvalue weighted by molar-refractivity contribution is -0.123. The van der Waals surface area contributed by atoms with Crippen LogP contribution in [0.2, 0.25) is 0 Å². The minimum absolute atomic E-state index is 0.0254. The maximum atomic E-state index is 12.4. The van der Waals surface area contributed by atoms with E-state index in [1.165, 1.54) is 250 Å². The number of carbonyl (C=O) groups is 1. The predicted molar refractivity (Wildman–Crippen MR) is 244 cm³/mol. The van der Waals surface area contributed by atoms with Crippen molar-refractivity contribution in [2.24, 2.45) is 0 Å². The highest BCUT2D eigenvalue weighted by Crippen LogP contribution is 2.18. The summed E-state index contributed by atoms with van der Waals surface area (Å²) in [4.78, 5) is 12.4. The van der Waals surface area contributed by atoms with Gasteiger partial charge in [0.05, 0.1) is 18.8 Å². The van der Waals surface area contributed by atoms with Gasteiger partial charge < -0.3 is 15.5 Å². The Balaban J connectivity index is 3.38. The Morgan fingerprint density at radius 1 is 0.364 bits per heavy atom. The summed E-state index contributed by atoms with van der Waals surface area (Å²) in [6.45, 7) is 4.39. The van der Waals surface area contributed by atoms with E-state index in [1.807, 2.05) is 0 Å². The van der Waals surface area contributed by atoms with Crippen LogP contribution in [0, 0.1) is 0 Å². The number of nitrogens with one attached hydrogen (secondary N) is 1. The van der Waals surface area contributed by atoms with Gasteiger partial charge in [0.2, 0.25) is 5.91 Å². The highest BCUT2D eigenvalue weighted by molar-refractivity contribution is 5.76. The van der Waals surface area contributed by atoms with Gasteiger partial charge in [0.15, 0.2) is 0 Å². The van der Waals surface area contributed by atoms with E-state index in [1.54, 1.807) is 0 Å². The third-order valence-corrected chi connectivity index (χ3v) is 12.4. The van der Waals surface area contributed by atoms with Crippen molar-refractivity contribution >= 4 is 5.91 Å². The number of hydrogen-bond donors (Lipinski definition) is 3. The molecule has 0 saturated carbocycles. The first-order chi connectivity index (χ1) is 27.2. The molecule has 4 nitrogen and oxygen atoms in total. The summed E-state index contributed by atoms with van der Waals surface area (Å²) in [5.41, 5.74) is 0. The Kier molecular flexibility index (Phi) is 47.2. The van der Waals surface area contributed by atoms with Crippen molar-refractivity contribution < 1.29 is 15.0 Å². The van der Waals surface area contributed by atoms with Gasteiger partial charge in [-0.2, -0.15) is 0 Å². The standard InChI is InChI=1S/C51H103NO3/c1-3-5-7-9-11-13-15-17-19-20-21-22-23-24-25-26-27-28-29-30-31-32-33-34-36-38-40-42-44-46-50(54)49(48-53)52-51(55)47-45-43-41-39-37-35-18-16-14-12-10-8-6-4-2/h49-50,53-54H,3-48H2,1-2H3,(H,52,55). The van der Waals surface area contributed by atoms with Crippen molar-refractivity contribution in [1.82, 2.24) is 5.32 Å². The second kappa shape index (κ2) is 47.8. The number of unbranched alkanes of at least 4 members (excludes halogenated alkanes) is 41. The summed E-state index contributed by atoms with van der Waals surface area (Å²) < 4.78 is 0. The molecule has 0 aliphatic heterocycles. The van der Waals surface area contributed by atoms with Gasteiger partial charge in [0, 0.05) is 6.42 Å². The molecule has 1 amide bonds. The summed E-state index contributed by atoms with van der Waals surface area (Å²) >= 11 is 0. The van der Waals surface area contributed by atoms with Gasteiger partial charge in [-0.15, -0.1) is 0 Å². The van der Waals surface area contributed by atoms with Crippen LogP contribution in [0.4, 0.5) is 0 Å². The van der Waals surface area contributed by atoms with E-state index >= 15 is 0 Å². The number of carbonyl (C=O) groups excluding carboxylic acids is 1. The second-order valence-corrected chi connectivity index (χ2v) is 18.0. The zero-order chi connectivity index (χ0) is 40.0. The molecule has 0 rings (SSSR count). The maximum Gasteiger partial charge on any atom is 0.220 e. The smallest absolute Gasteiger partial charge is 0.220 e. The largest absolute Gasteiger partial charge is 0.394 e. The third-order valence-electron chi connectivity index (χ3n) is 12.4. The molecule has 55 heavy (non-hydrogen) atoms. The molecule has 0 aliphatic rings. The molecule has 0 heterocycles. The van der Waals surface area contributed by atoms with Gasteiger partial charge in [0.25, 0.3) is 0 Å². The van der Waals surface area contributed by atoms with Gasteiger partial charge in [-0.3, -0.25) is 4.79 Å². The first kappa shape index (κ1) is 54.4. The van der Waals surface area contributed by atoms with Crippen LogP contribution < -0.4 is 5.32 Å². The van der Waals surface area contributed by atoms with Crippen LogP contribution in [0.3, 0.4) is 0 Å². The van der Waals surface area contributed by atoms with Gasteiger partial charge in [-0.25, -0.2) is 0 Å². The lowest BCUT2D eigenvalue weighted by Gasteiger charge is -2.22. The van der Waals surface area contributed by atoms with Crippen LogP contribution in [0.15, 0.2) is 0 Å². The van der Waals surface area contributed by atoms with E-state index in [0.29, 0.717) is 12.8 Å². The van der Waals surface area contributed by atoms with Crippen molar-refractivity contribution in [1.29, 1.82) is 0 Å². The fraction of sp³-hybridized carbons (Fsp3) is 0.980. The molecule has 2 unspecified atom stereocenters. The SMILES string of the molecule is CCCCCCCCCCCCCCCCCCCCCCCCCCCCCCCC(O)C(CO)NC(=O)CCCCCCCCCCCCCCCC. The first-order valence-electron chi connectivity index (χ1n) is 25.7. The molecule has 330 valence electrons. The number of hydrogen-bond acceptors (Lipinski definition) is 3. The Hall–Kier alpha value is -0.610. The van der Waals surface area contributed by atoms with E-state index in [4.69, 9.17) is 0 Å². The second-order valence-electron chi connectivity index (χ2n) is 18.0. The molecule has 0 fully saturated rings. The summed E-state index contributed by atoms with van der Waals surface area (Å²) in [6, 6.07) is -0.530. The van der Waals surface area contributed by atoms with Crippen LogP contribution in [-0.2, 0) is 4.79 Å².